The molecule has 0 aliphatic carbocycles. The first-order chi connectivity index (χ1) is 9.76. The van der Waals surface area contributed by atoms with Gasteiger partial charge >= 0.3 is 5.97 Å². The van der Waals surface area contributed by atoms with Gasteiger partial charge in [-0.15, -0.1) is 0 Å². The maximum Gasteiger partial charge on any atom is 0.305 e. The summed E-state index contributed by atoms with van der Waals surface area (Å²) in [5, 5.41) is 0.909. The van der Waals surface area contributed by atoms with E-state index in [0.29, 0.717) is 15.6 Å². The fraction of sp³-hybridized carbons (Fsp3) is 0.462. The van der Waals surface area contributed by atoms with Crippen molar-refractivity contribution in [2.45, 2.75) is 19.4 Å². The Morgan fingerprint density at radius 1 is 1.33 bits per heavy atom. The van der Waals surface area contributed by atoms with Crippen LogP contribution in [0, 0.1) is 0 Å². The van der Waals surface area contributed by atoms with Crippen LogP contribution in [0.1, 0.15) is 18.4 Å². The first-order valence-electron chi connectivity index (χ1n) is 6.21. The molecule has 0 N–H and O–H groups in total. The van der Waals surface area contributed by atoms with Gasteiger partial charge in [0.2, 0.25) is 10.0 Å². The van der Waals surface area contributed by atoms with E-state index in [9.17, 15) is 13.2 Å². The van der Waals surface area contributed by atoms with E-state index in [1.54, 1.807) is 18.2 Å². The van der Waals surface area contributed by atoms with Gasteiger partial charge in [0, 0.05) is 30.1 Å². The fourth-order valence-electron chi connectivity index (χ4n) is 1.64. The summed E-state index contributed by atoms with van der Waals surface area (Å²) in [5.41, 5.74) is 0.667. The molecule has 0 bridgehead atoms. The second-order valence-electron chi connectivity index (χ2n) is 4.49. The lowest BCUT2D eigenvalue weighted by molar-refractivity contribution is -0.140. The molecule has 0 saturated carbocycles. The average Bonchev–Trinajstić information content (AvgIpc) is 2.41. The minimum Gasteiger partial charge on any atom is -0.469 e. The number of carbonyl (C=O) groups excluding carboxylic acids is 1. The Bertz CT molecular complexity index is 604. The molecule has 0 spiro atoms. The lowest BCUT2D eigenvalue weighted by atomic mass is 10.2. The van der Waals surface area contributed by atoms with Crippen LogP contribution >= 0.6 is 23.2 Å². The van der Waals surface area contributed by atoms with Crippen LogP contribution in [0.2, 0.25) is 10.0 Å². The molecule has 0 radical (unpaired) electrons. The lowest BCUT2D eigenvalue weighted by Gasteiger charge is -2.18. The van der Waals surface area contributed by atoms with Crippen LogP contribution < -0.4 is 0 Å². The van der Waals surface area contributed by atoms with Crippen LogP contribution in [0.4, 0.5) is 0 Å². The number of benzene rings is 1. The van der Waals surface area contributed by atoms with Gasteiger partial charge in [0.25, 0.3) is 0 Å². The summed E-state index contributed by atoms with van der Waals surface area (Å²) in [7, 11) is -0.715. The average molecular weight is 354 g/mol. The second-order valence-corrected chi connectivity index (χ2v) is 7.53. The quantitative estimate of drug-likeness (QED) is 0.707. The van der Waals surface area contributed by atoms with Crippen molar-refractivity contribution in [1.82, 2.24) is 4.31 Å². The van der Waals surface area contributed by atoms with Gasteiger partial charge in [-0.2, -0.15) is 0 Å². The van der Waals surface area contributed by atoms with Crippen molar-refractivity contribution in [1.29, 1.82) is 0 Å². The SMILES string of the molecule is COC(=O)CCCS(=O)(=O)N(C)Cc1ccc(Cl)cc1Cl. The summed E-state index contributed by atoms with van der Waals surface area (Å²) < 4.78 is 29.9. The van der Waals surface area contributed by atoms with E-state index in [1.165, 1.54) is 18.5 Å². The first-order valence-corrected chi connectivity index (χ1v) is 8.57. The van der Waals surface area contributed by atoms with Gasteiger partial charge in [-0.1, -0.05) is 29.3 Å². The zero-order chi connectivity index (χ0) is 16.0. The fourth-order valence-corrected chi connectivity index (χ4v) is 3.27. The number of nitrogens with zero attached hydrogens (tertiary/aromatic N) is 1. The van der Waals surface area contributed by atoms with Crippen LogP contribution in [0.15, 0.2) is 18.2 Å². The van der Waals surface area contributed by atoms with Crippen molar-refractivity contribution in [3.05, 3.63) is 33.8 Å². The van der Waals surface area contributed by atoms with Crippen molar-refractivity contribution in [2.24, 2.45) is 0 Å². The summed E-state index contributed by atoms with van der Waals surface area (Å²) in [5.74, 6) is -0.544. The van der Waals surface area contributed by atoms with Crippen LogP contribution in [0.5, 0.6) is 0 Å². The molecule has 0 aliphatic heterocycles. The van der Waals surface area contributed by atoms with Crippen LogP contribution in [0.25, 0.3) is 0 Å². The number of ether oxygens (including phenoxy) is 1. The largest absolute Gasteiger partial charge is 0.469 e. The number of sulfonamides is 1. The number of hydrogen-bond acceptors (Lipinski definition) is 4. The maximum atomic E-state index is 12.1. The molecule has 0 fully saturated rings. The van der Waals surface area contributed by atoms with Gasteiger partial charge in [0.15, 0.2) is 0 Å². The highest BCUT2D eigenvalue weighted by Crippen LogP contribution is 2.22. The van der Waals surface area contributed by atoms with Crippen LogP contribution in [-0.4, -0.2) is 38.6 Å². The van der Waals surface area contributed by atoms with E-state index in [1.807, 2.05) is 0 Å². The van der Waals surface area contributed by atoms with Gasteiger partial charge in [-0.05, 0) is 24.1 Å². The van der Waals surface area contributed by atoms with Gasteiger partial charge in [0.05, 0.1) is 12.9 Å². The van der Waals surface area contributed by atoms with Crippen molar-refractivity contribution in [3.63, 3.8) is 0 Å². The molecule has 8 heteroatoms. The molecule has 21 heavy (non-hydrogen) atoms. The third kappa shape index (κ3) is 5.82. The topological polar surface area (TPSA) is 63.7 Å². The van der Waals surface area contributed by atoms with E-state index in [0.717, 1.165) is 0 Å². The Balaban J connectivity index is 2.64. The second kappa shape index (κ2) is 7.98. The predicted molar refractivity (Wildman–Crippen MR) is 83.0 cm³/mol. The van der Waals surface area contributed by atoms with E-state index in [-0.39, 0.29) is 25.1 Å². The van der Waals surface area contributed by atoms with Gasteiger partial charge in [0.1, 0.15) is 0 Å². The third-order valence-corrected chi connectivity index (χ3v) is 5.36. The number of halogens is 2. The Labute approximate surface area is 134 Å². The van der Waals surface area contributed by atoms with E-state index in [4.69, 9.17) is 23.2 Å². The molecule has 1 aromatic rings. The van der Waals surface area contributed by atoms with Crippen LogP contribution in [0.3, 0.4) is 0 Å². The molecule has 0 heterocycles. The van der Waals surface area contributed by atoms with Gasteiger partial charge < -0.3 is 4.74 Å². The lowest BCUT2D eigenvalue weighted by Crippen LogP contribution is -2.29. The van der Waals surface area contributed by atoms with Gasteiger partial charge in [-0.25, -0.2) is 12.7 Å². The summed E-state index contributed by atoms with van der Waals surface area (Å²) >= 11 is 11.8. The molecule has 1 rings (SSSR count). The van der Waals surface area contributed by atoms with E-state index < -0.39 is 16.0 Å². The van der Waals surface area contributed by atoms with E-state index in [2.05, 4.69) is 4.74 Å². The standard InChI is InChI=1S/C13H17Cl2NO4S/c1-16(9-10-5-6-11(14)8-12(10)15)21(18,19)7-3-4-13(17)20-2/h5-6,8H,3-4,7,9H2,1-2H3. The molecule has 0 aliphatic rings. The molecule has 0 amide bonds. The Hall–Kier alpha value is -0.820. The predicted octanol–water partition coefficient (Wildman–Crippen LogP) is 2.71. The highest BCUT2D eigenvalue weighted by molar-refractivity contribution is 7.89. The van der Waals surface area contributed by atoms with Crippen molar-refractivity contribution >= 4 is 39.2 Å². The summed E-state index contributed by atoms with van der Waals surface area (Å²) in [4.78, 5) is 11.0. The normalized spacial score (nSPS) is 11.7. The molecule has 118 valence electrons. The highest BCUT2D eigenvalue weighted by atomic mass is 35.5. The summed E-state index contributed by atoms with van der Waals surface area (Å²) in [6.45, 7) is 0.149. The molecular weight excluding hydrogens is 337 g/mol. The molecule has 0 saturated heterocycles. The molecule has 1 aromatic carbocycles. The van der Waals surface area contributed by atoms with Gasteiger partial charge in [-0.3, -0.25) is 4.79 Å². The highest BCUT2D eigenvalue weighted by Gasteiger charge is 2.19. The molecule has 0 atom stereocenters. The number of esters is 1. The molecule has 0 aromatic heterocycles. The monoisotopic (exact) mass is 353 g/mol. The first kappa shape index (κ1) is 18.2. The maximum absolute atomic E-state index is 12.1. The van der Waals surface area contributed by atoms with Crippen LogP contribution in [-0.2, 0) is 26.1 Å². The number of methoxy groups -OCH3 is 1. The zero-order valence-electron chi connectivity index (χ0n) is 11.8. The smallest absolute Gasteiger partial charge is 0.305 e. The molecular formula is C13H17Cl2NO4S. The Kier molecular flexibility index (Phi) is 6.93. The third-order valence-electron chi connectivity index (χ3n) is 2.89. The number of hydrogen-bond donors (Lipinski definition) is 0. The Morgan fingerprint density at radius 2 is 2.00 bits per heavy atom. The zero-order valence-corrected chi connectivity index (χ0v) is 14.1. The number of rotatable bonds is 7. The minimum absolute atomic E-state index is 0.0747. The summed E-state index contributed by atoms with van der Waals surface area (Å²) in [6.07, 6.45) is 0.291. The molecule has 5 nitrogen and oxygen atoms in total. The van der Waals surface area contributed by atoms with Crippen molar-refractivity contribution in [2.75, 3.05) is 19.9 Å². The molecule has 0 unspecified atom stereocenters. The van der Waals surface area contributed by atoms with Crippen molar-refractivity contribution in [3.8, 4) is 0 Å². The van der Waals surface area contributed by atoms with E-state index >= 15 is 0 Å². The minimum atomic E-state index is -3.46. The number of carbonyl (C=O) groups is 1. The van der Waals surface area contributed by atoms with Crippen molar-refractivity contribution < 1.29 is 17.9 Å². The summed E-state index contributed by atoms with van der Waals surface area (Å²) in [6, 6.07) is 4.90. The Morgan fingerprint density at radius 3 is 2.57 bits per heavy atom.